The van der Waals surface area contributed by atoms with Crippen molar-refractivity contribution in [2.75, 3.05) is 12.4 Å². The van der Waals surface area contributed by atoms with Crippen molar-refractivity contribution in [3.63, 3.8) is 0 Å². The molecule has 0 bridgehead atoms. The number of carbonyl (C=O) groups is 1. The summed E-state index contributed by atoms with van der Waals surface area (Å²) >= 11 is 0. The van der Waals surface area contributed by atoms with Crippen molar-refractivity contribution in [2.45, 2.75) is 13.5 Å². The summed E-state index contributed by atoms with van der Waals surface area (Å²) in [6.45, 7) is 2.57. The summed E-state index contributed by atoms with van der Waals surface area (Å²) in [5, 5.41) is 2.84. The van der Waals surface area contributed by atoms with Crippen molar-refractivity contribution in [3.05, 3.63) is 71.3 Å². The quantitative estimate of drug-likeness (QED) is 0.847. The Bertz CT molecular complexity index is 630. The van der Waals surface area contributed by atoms with E-state index >= 15 is 0 Å². The molecule has 21 heavy (non-hydrogen) atoms. The van der Waals surface area contributed by atoms with Gasteiger partial charge in [0, 0.05) is 18.9 Å². The van der Waals surface area contributed by atoms with Crippen LogP contribution in [0.3, 0.4) is 0 Å². The van der Waals surface area contributed by atoms with E-state index in [-0.39, 0.29) is 5.91 Å². The molecule has 108 valence electrons. The van der Waals surface area contributed by atoms with E-state index in [0.717, 1.165) is 16.8 Å². The number of methoxy groups -OCH3 is 1. The molecule has 0 saturated carbocycles. The van der Waals surface area contributed by atoms with E-state index in [9.17, 15) is 4.79 Å². The maximum atomic E-state index is 11.9. The number of ether oxygens (including phenoxy) is 1. The Balaban J connectivity index is 1.98. The van der Waals surface area contributed by atoms with Gasteiger partial charge in [0.25, 0.3) is 0 Å². The second-order valence-corrected chi connectivity index (χ2v) is 4.87. The van der Waals surface area contributed by atoms with E-state index in [1.807, 2.05) is 55.5 Å². The zero-order valence-electron chi connectivity index (χ0n) is 12.3. The van der Waals surface area contributed by atoms with Gasteiger partial charge in [-0.1, -0.05) is 42.0 Å². The number of anilines is 1. The molecule has 3 nitrogen and oxygen atoms in total. The SMILES string of the molecule is COCc1cccc(NC(=O)/C=C/c2ccc(C)cc2)c1. The molecule has 2 aromatic carbocycles. The number of amides is 1. The van der Waals surface area contributed by atoms with Crippen LogP contribution in [0.1, 0.15) is 16.7 Å². The largest absolute Gasteiger partial charge is 0.380 e. The van der Waals surface area contributed by atoms with Crippen molar-refractivity contribution >= 4 is 17.7 Å². The predicted molar refractivity (Wildman–Crippen MR) is 86.0 cm³/mol. The number of hydrogen-bond donors (Lipinski definition) is 1. The van der Waals surface area contributed by atoms with Gasteiger partial charge in [0.2, 0.25) is 5.91 Å². The first-order valence-electron chi connectivity index (χ1n) is 6.81. The van der Waals surface area contributed by atoms with Gasteiger partial charge in [-0.3, -0.25) is 4.79 Å². The van der Waals surface area contributed by atoms with Crippen molar-refractivity contribution in [2.24, 2.45) is 0 Å². The molecular formula is C18H19NO2. The molecule has 0 atom stereocenters. The molecule has 2 rings (SSSR count). The van der Waals surface area contributed by atoms with E-state index in [4.69, 9.17) is 4.74 Å². The fourth-order valence-corrected chi connectivity index (χ4v) is 1.94. The zero-order chi connectivity index (χ0) is 15.1. The van der Waals surface area contributed by atoms with E-state index in [1.54, 1.807) is 13.2 Å². The summed E-state index contributed by atoms with van der Waals surface area (Å²) in [6.07, 6.45) is 3.33. The van der Waals surface area contributed by atoms with Crippen LogP contribution in [-0.2, 0) is 16.1 Å². The molecule has 0 saturated heterocycles. The Kier molecular flexibility index (Phi) is 5.29. The van der Waals surface area contributed by atoms with Crippen LogP contribution < -0.4 is 5.32 Å². The minimum absolute atomic E-state index is 0.148. The van der Waals surface area contributed by atoms with E-state index < -0.39 is 0 Å². The van der Waals surface area contributed by atoms with Gasteiger partial charge in [0.15, 0.2) is 0 Å². The summed E-state index contributed by atoms with van der Waals surface area (Å²) in [5.41, 5.74) is 4.00. The summed E-state index contributed by atoms with van der Waals surface area (Å²) in [6, 6.07) is 15.6. The molecule has 0 radical (unpaired) electrons. The van der Waals surface area contributed by atoms with Gasteiger partial charge in [-0.25, -0.2) is 0 Å². The van der Waals surface area contributed by atoms with E-state index in [0.29, 0.717) is 6.61 Å². The first kappa shape index (κ1) is 15.0. The molecule has 0 spiro atoms. The molecule has 0 aliphatic carbocycles. The molecule has 0 fully saturated rings. The molecule has 1 amide bonds. The molecule has 0 unspecified atom stereocenters. The minimum atomic E-state index is -0.148. The highest BCUT2D eigenvalue weighted by Crippen LogP contribution is 2.12. The van der Waals surface area contributed by atoms with Crippen LogP contribution in [0, 0.1) is 6.92 Å². The third kappa shape index (κ3) is 4.89. The highest BCUT2D eigenvalue weighted by atomic mass is 16.5. The monoisotopic (exact) mass is 281 g/mol. The van der Waals surface area contributed by atoms with Crippen molar-refractivity contribution < 1.29 is 9.53 Å². The van der Waals surface area contributed by atoms with Crippen molar-refractivity contribution in [1.82, 2.24) is 0 Å². The molecule has 0 aliphatic heterocycles. The lowest BCUT2D eigenvalue weighted by Crippen LogP contribution is -2.07. The smallest absolute Gasteiger partial charge is 0.248 e. The average molecular weight is 281 g/mol. The van der Waals surface area contributed by atoms with Crippen molar-refractivity contribution in [3.8, 4) is 0 Å². The van der Waals surface area contributed by atoms with Gasteiger partial charge < -0.3 is 10.1 Å². The number of hydrogen-bond acceptors (Lipinski definition) is 2. The fraction of sp³-hybridized carbons (Fsp3) is 0.167. The molecule has 3 heteroatoms. The Morgan fingerprint density at radius 2 is 1.95 bits per heavy atom. The van der Waals surface area contributed by atoms with E-state index in [2.05, 4.69) is 5.32 Å². The average Bonchev–Trinajstić information content (AvgIpc) is 2.47. The molecule has 0 heterocycles. The lowest BCUT2D eigenvalue weighted by atomic mass is 10.1. The first-order chi connectivity index (χ1) is 10.2. The summed E-state index contributed by atoms with van der Waals surface area (Å²) in [4.78, 5) is 11.9. The maximum Gasteiger partial charge on any atom is 0.248 e. The van der Waals surface area contributed by atoms with Gasteiger partial charge in [0.05, 0.1) is 6.61 Å². The minimum Gasteiger partial charge on any atom is -0.380 e. The summed E-state index contributed by atoms with van der Waals surface area (Å²) in [5.74, 6) is -0.148. The van der Waals surface area contributed by atoms with E-state index in [1.165, 1.54) is 11.6 Å². The molecular weight excluding hydrogens is 262 g/mol. The number of nitrogens with one attached hydrogen (secondary N) is 1. The first-order valence-corrected chi connectivity index (χ1v) is 6.81. The normalized spacial score (nSPS) is 10.8. The van der Waals surface area contributed by atoms with Gasteiger partial charge in [-0.2, -0.15) is 0 Å². The van der Waals surface area contributed by atoms with Gasteiger partial charge in [-0.05, 0) is 36.3 Å². The Morgan fingerprint density at radius 1 is 1.19 bits per heavy atom. The lowest BCUT2D eigenvalue weighted by Gasteiger charge is -2.05. The van der Waals surface area contributed by atoms with Crippen LogP contribution in [0.5, 0.6) is 0 Å². The molecule has 0 aromatic heterocycles. The summed E-state index contributed by atoms with van der Waals surface area (Å²) < 4.78 is 5.08. The lowest BCUT2D eigenvalue weighted by molar-refractivity contribution is -0.111. The summed E-state index contributed by atoms with van der Waals surface area (Å²) in [7, 11) is 1.65. The Labute approximate surface area is 125 Å². The molecule has 2 aromatic rings. The van der Waals surface area contributed by atoms with Crippen LogP contribution in [0.15, 0.2) is 54.6 Å². The zero-order valence-corrected chi connectivity index (χ0v) is 12.3. The van der Waals surface area contributed by atoms with Gasteiger partial charge in [0.1, 0.15) is 0 Å². The van der Waals surface area contributed by atoms with Crippen LogP contribution in [0.4, 0.5) is 5.69 Å². The number of carbonyl (C=O) groups excluding carboxylic acids is 1. The van der Waals surface area contributed by atoms with Gasteiger partial charge in [-0.15, -0.1) is 0 Å². The second kappa shape index (κ2) is 7.41. The fourth-order valence-electron chi connectivity index (χ4n) is 1.94. The Morgan fingerprint density at radius 3 is 2.67 bits per heavy atom. The van der Waals surface area contributed by atoms with Crippen LogP contribution in [-0.4, -0.2) is 13.0 Å². The molecule has 1 N–H and O–H groups in total. The number of rotatable bonds is 5. The van der Waals surface area contributed by atoms with Crippen molar-refractivity contribution in [1.29, 1.82) is 0 Å². The number of benzene rings is 2. The van der Waals surface area contributed by atoms with Gasteiger partial charge >= 0.3 is 0 Å². The topological polar surface area (TPSA) is 38.3 Å². The highest BCUT2D eigenvalue weighted by molar-refractivity contribution is 6.01. The number of aryl methyl sites for hydroxylation is 1. The molecule has 0 aliphatic rings. The van der Waals surface area contributed by atoms with Crippen LogP contribution in [0.2, 0.25) is 0 Å². The third-order valence-electron chi connectivity index (χ3n) is 3.01. The predicted octanol–water partition coefficient (Wildman–Crippen LogP) is 3.79. The second-order valence-electron chi connectivity index (χ2n) is 4.87. The van der Waals surface area contributed by atoms with Crippen LogP contribution >= 0.6 is 0 Å². The third-order valence-corrected chi connectivity index (χ3v) is 3.01. The Hall–Kier alpha value is -2.39. The highest BCUT2D eigenvalue weighted by Gasteiger charge is 1.99. The maximum absolute atomic E-state index is 11.9. The van der Waals surface area contributed by atoms with Crippen LogP contribution in [0.25, 0.3) is 6.08 Å². The standard InChI is InChI=1S/C18H19NO2/c1-14-6-8-15(9-7-14)10-11-18(20)19-17-5-3-4-16(12-17)13-21-2/h3-12H,13H2,1-2H3,(H,19,20)/b11-10+.